The molecule has 0 aliphatic rings. The number of halogens is 1. The number of rotatable bonds is 3. The van der Waals surface area contributed by atoms with Gasteiger partial charge in [-0.15, -0.1) is 0 Å². The van der Waals surface area contributed by atoms with E-state index >= 15 is 0 Å². The topological polar surface area (TPSA) is 46.2 Å². The summed E-state index contributed by atoms with van der Waals surface area (Å²) in [7, 11) is 0. The van der Waals surface area contributed by atoms with Crippen LogP contribution in [0.3, 0.4) is 0 Å². The summed E-state index contributed by atoms with van der Waals surface area (Å²) >= 11 is 3.27. The molecule has 0 heterocycles. The van der Waals surface area contributed by atoms with Crippen molar-refractivity contribution in [3.63, 3.8) is 0 Å². The van der Waals surface area contributed by atoms with Crippen molar-refractivity contribution in [3.05, 3.63) is 27.7 Å². The molecule has 2 nitrogen and oxygen atoms in total. The molecule has 0 unspecified atom stereocenters. The van der Waals surface area contributed by atoms with Crippen LogP contribution in [0.2, 0.25) is 0 Å². The van der Waals surface area contributed by atoms with Crippen LogP contribution in [0.25, 0.3) is 0 Å². The van der Waals surface area contributed by atoms with Crippen LogP contribution in [0.15, 0.2) is 16.6 Å². The summed E-state index contributed by atoms with van der Waals surface area (Å²) in [5.41, 5.74) is 7.79. The lowest BCUT2D eigenvalue weighted by atomic mass is 10.0. The predicted molar refractivity (Wildman–Crippen MR) is 57.9 cm³/mol. The van der Waals surface area contributed by atoms with Gasteiger partial charge in [0.2, 0.25) is 0 Å². The van der Waals surface area contributed by atoms with E-state index in [-0.39, 0.29) is 0 Å². The molecule has 0 aliphatic heterocycles. The molecule has 0 saturated carbocycles. The third-order valence-electron chi connectivity index (χ3n) is 2.06. The SMILES string of the molecule is Cc1cc(Br)c(O)cc1CCCN. The number of hydrogen-bond acceptors (Lipinski definition) is 2. The molecule has 0 fully saturated rings. The average Bonchev–Trinajstić information content (AvgIpc) is 2.09. The smallest absolute Gasteiger partial charge is 0.130 e. The molecule has 0 radical (unpaired) electrons. The van der Waals surface area contributed by atoms with E-state index in [4.69, 9.17) is 5.73 Å². The third kappa shape index (κ3) is 2.71. The standard InChI is InChI=1S/C10H14BrNO/c1-7-5-9(11)10(13)6-8(7)3-2-4-12/h5-6,13H,2-4,12H2,1H3. The normalized spacial score (nSPS) is 10.4. The first-order valence-corrected chi connectivity index (χ1v) is 5.12. The zero-order valence-electron chi connectivity index (χ0n) is 7.68. The van der Waals surface area contributed by atoms with Gasteiger partial charge in [0.1, 0.15) is 5.75 Å². The van der Waals surface area contributed by atoms with E-state index < -0.39 is 0 Å². The molecule has 0 bridgehead atoms. The fraction of sp³-hybridized carbons (Fsp3) is 0.400. The van der Waals surface area contributed by atoms with Crippen LogP contribution in [0.5, 0.6) is 5.75 Å². The highest BCUT2D eigenvalue weighted by Crippen LogP contribution is 2.27. The molecule has 0 atom stereocenters. The maximum atomic E-state index is 9.45. The minimum atomic E-state index is 0.303. The average molecular weight is 244 g/mol. The molecule has 13 heavy (non-hydrogen) atoms. The first-order chi connectivity index (χ1) is 6.15. The Kier molecular flexibility index (Phi) is 3.75. The van der Waals surface area contributed by atoms with Crippen molar-refractivity contribution >= 4 is 15.9 Å². The fourth-order valence-corrected chi connectivity index (χ4v) is 1.72. The summed E-state index contributed by atoms with van der Waals surface area (Å²) in [6.45, 7) is 2.73. The summed E-state index contributed by atoms with van der Waals surface area (Å²) < 4.78 is 0.751. The molecular formula is C10H14BrNO. The Morgan fingerprint density at radius 1 is 1.46 bits per heavy atom. The van der Waals surface area contributed by atoms with Crippen molar-refractivity contribution < 1.29 is 5.11 Å². The molecule has 3 N–H and O–H groups in total. The molecular weight excluding hydrogens is 230 g/mol. The Balaban J connectivity index is 2.88. The predicted octanol–water partition coefficient (Wildman–Crippen LogP) is 2.35. The number of phenolic OH excluding ortho intramolecular Hbond substituents is 1. The van der Waals surface area contributed by atoms with Crippen LogP contribution in [0, 0.1) is 6.92 Å². The minimum Gasteiger partial charge on any atom is -0.507 e. The summed E-state index contributed by atoms with van der Waals surface area (Å²) in [6, 6.07) is 3.73. The van der Waals surface area contributed by atoms with E-state index in [0.29, 0.717) is 12.3 Å². The van der Waals surface area contributed by atoms with Gasteiger partial charge in [0.15, 0.2) is 0 Å². The van der Waals surface area contributed by atoms with Crippen LogP contribution in [-0.2, 0) is 6.42 Å². The second-order valence-corrected chi connectivity index (χ2v) is 3.98. The summed E-state index contributed by atoms with van der Waals surface area (Å²) in [6.07, 6.45) is 1.89. The number of aromatic hydroxyl groups is 1. The van der Waals surface area contributed by atoms with Gasteiger partial charge in [-0.3, -0.25) is 0 Å². The molecule has 3 heteroatoms. The summed E-state index contributed by atoms with van der Waals surface area (Å²) in [5, 5.41) is 9.45. The van der Waals surface area contributed by atoms with Crippen molar-refractivity contribution in [3.8, 4) is 5.75 Å². The summed E-state index contributed by atoms with van der Waals surface area (Å²) in [5.74, 6) is 0.303. The lowest BCUT2D eigenvalue weighted by molar-refractivity contribution is 0.471. The Morgan fingerprint density at radius 3 is 2.77 bits per heavy atom. The van der Waals surface area contributed by atoms with Crippen LogP contribution in [0.1, 0.15) is 17.5 Å². The van der Waals surface area contributed by atoms with Gasteiger partial charge in [0.05, 0.1) is 4.47 Å². The highest BCUT2D eigenvalue weighted by atomic mass is 79.9. The lowest BCUT2D eigenvalue weighted by Crippen LogP contribution is -2.01. The molecule has 0 saturated heterocycles. The van der Waals surface area contributed by atoms with Gasteiger partial charge in [0, 0.05) is 0 Å². The first kappa shape index (κ1) is 10.5. The van der Waals surface area contributed by atoms with Crippen molar-refractivity contribution in [2.24, 2.45) is 5.73 Å². The minimum absolute atomic E-state index is 0.303. The second-order valence-electron chi connectivity index (χ2n) is 3.12. The second kappa shape index (κ2) is 4.63. The Labute approximate surface area is 86.9 Å². The van der Waals surface area contributed by atoms with Crippen LogP contribution >= 0.6 is 15.9 Å². The third-order valence-corrected chi connectivity index (χ3v) is 2.69. The fourth-order valence-electron chi connectivity index (χ4n) is 1.27. The van der Waals surface area contributed by atoms with Gasteiger partial charge in [-0.25, -0.2) is 0 Å². The van der Waals surface area contributed by atoms with Gasteiger partial charge in [-0.05, 0) is 65.5 Å². The van der Waals surface area contributed by atoms with Crippen LogP contribution in [-0.4, -0.2) is 11.7 Å². The highest BCUT2D eigenvalue weighted by Gasteiger charge is 2.03. The van der Waals surface area contributed by atoms with Gasteiger partial charge in [-0.1, -0.05) is 0 Å². The first-order valence-electron chi connectivity index (χ1n) is 4.33. The van der Waals surface area contributed by atoms with Crippen molar-refractivity contribution in [1.82, 2.24) is 0 Å². The Morgan fingerprint density at radius 2 is 2.15 bits per heavy atom. The number of aryl methyl sites for hydroxylation is 2. The van der Waals surface area contributed by atoms with Crippen molar-refractivity contribution in [1.29, 1.82) is 0 Å². The Bertz CT molecular complexity index is 299. The molecule has 0 amide bonds. The molecule has 0 aliphatic carbocycles. The van der Waals surface area contributed by atoms with E-state index in [9.17, 15) is 5.11 Å². The van der Waals surface area contributed by atoms with Crippen LogP contribution < -0.4 is 5.73 Å². The van der Waals surface area contributed by atoms with E-state index in [0.717, 1.165) is 17.3 Å². The number of hydrogen-bond donors (Lipinski definition) is 2. The molecule has 72 valence electrons. The molecule has 1 aromatic rings. The van der Waals surface area contributed by atoms with Crippen molar-refractivity contribution in [2.45, 2.75) is 19.8 Å². The Hall–Kier alpha value is -0.540. The monoisotopic (exact) mass is 243 g/mol. The van der Waals surface area contributed by atoms with E-state index in [1.807, 2.05) is 13.0 Å². The van der Waals surface area contributed by atoms with E-state index in [1.54, 1.807) is 6.07 Å². The molecule has 0 aromatic heterocycles. The van der Waals surface area contributed by atoms with Gasteiger partial charge >= 0.3 is 0 Å². The summed E-state index contributed by atoms with van der Waals surface area (Å²) in [4.78, 5) is 0. The molecule has 1 rings (SSSR count). The highest BCUT2D eigenvalue weighted by molar-refractivity contribution is 9.10. The zero-order chi connectivity index (χ0) is 9.84. The van der Waals surface area contributed by atoms with Gasteiger partial charge < -0.3 is 10.8 Å². The number of nitrogens with two attached hydrogens (primary N) is 1. The maximum Gasteiger partial charge on any atom is 0.130 e. The van der Waals surface area contributed by atoms with Crippen LogP contribution in [0.4, 0.5) is 0 Å². The number of phenols is 1. The quantitative estimate of drug-likeness (QED) is 0.857. The molecule has 1 aromatic carbocycles. The lowest BCUT2D eigenvalue weighted by Gasteiger charge is -2.07. The van der Waals surface area contributed by atoms with Gasteiger partial charge in [-0.2, -0.15) is 0 Å². The molecule has 0 spiro atoms. The largest absolute Gasteiger partial charge is 0.507 e. The van der Waals surface area contributed by atoms with E-state index in [2.05, 4.69) is 15.9 Å². The van der Waals surface area contributed by atoms with E-state index in [1.165, 1.54) is 11.1 Å². The maximum absolute atomic E-state index is 9.45. The number of benzene rings is 1. The van der Waals surface area contributed by atoms with Gasteiger partial charge in [0.25, 0.3) is 0 Å². The van der Waals surface area contributed by atoms with Crippen molar-refractivity contribution in [2.75, 3.05) is 6.54 Å². The zero-order valence-corrected chi connectivity index (χ0v) is 9.26.